The van der Waals surface area contributed by atoms with Crippen LogP contribution in [-0.4, -0.2) is 90.5 Å². The number of ether oxygens (including phenoxy) is 5. The minimum Gasteiger partial charge on any atom is -0.458 e. The molecule has 2 unspecified atom stereocenters. The zero-order valence-electron chi connectivity index (χ0n) is 31.8. The lowest BCUT2D eigenvalue weighted by Gasteiger charge is -2.42. The summed E-state index contributed by atoms with van der Waals surface area (Å²) >= 11 is 2.55. The second-order valence-electron chi connectivity index (χ2n) is 15.4. The molecule has 56 heavy (non-hydrogen) atoms. The number of carbonyl (C=O) groups excluding carboxylic acids is 2. The molecular formula is C37H41F5IN5O7S. The number of benzene rings is 2. The van der Waals surface area contributed by atoms with Gasteiger partial charge in [-0.1, -0.05) is 6.07 Å². The van der Waals surface area contributed by atoms with Gasteiger partial charge in [0.1, 0.15) is 40.0 Å². The molecule has 2 aromatic heterocycles. The van der Waals surface area contributed by atoms with E-state index in [1.807, 2.05) is 0 Å². The van der Waals surface area contributed by atoms with Crippen molar-refractivity contribution in [2.45, 2.75) is 90.1 Å². The Morgan fingerprint density at radius 1 is 0.982 bits per heavy atom. The van der Waals surface area contributed by atoms with Crippen LogP contribution in [-0.2, 0) is 25.1 Å². The predicted octanol–water partition coefficient (Wildman–Crippen LogP) is 9.35. The fourth-order valence-corrected chi connectivity index (χ4v) is 9.09. The van der Waals surface area contributed by atoms with Crippen LogP contribution < -0.4 is 15.0 Å². The number of thiophene rings is 1. The molecule has 0 aliphatic carbocycles. The van der Waals surface area contributed by atoms with E-state index in [0.717, 1.165) is 29.5 Å². The molecule has 2 atom stereocenters. The van der Waals surface area contributed by atoms with Crippen LogP contribution in [0.3, 0.4) is 0 Å². The number of nitrogens with zero attached hydrogens (tertiary/aromatic N) is 4. The maximum absolute atomic E-state index is 17.3. The van der Waals surface area contributed by atoms with Crippen LogP contribution in [0.2, 0.25) is 0 Å². The van der Waals surface area contributed by atoms with E-state index in [4.69, 9.17) is 23.7 Å². The normalized spacial score (nSPS) is 17.6. The summed E-state index contributed by atoms with van der Waals surface area (Å²) in [6.45, 7) is 10.3. The third kappa shape index (κ3) is 8.54. The predicted molar refractivity (Wildman–Crippen MR) is 208 cm³/mol. The molecule has 1 N–H and O–H groups in total. The lowest BCUT2D eigenvalue weighted by atomic mass is 9.93. The Bertz CT molecular complexity index is 2160. The van der Waals surface area contributed by atoms with Crippen molar-refractivity contribution in [1.82, 2.24) is 14.9 Å². The molecule has 2 aliphatic rings. The number of aromatic nitrogens is 2. The van der Waals surface area contributed by atoms with Gasteiger partial charge in [-0.2, -0.15) is 23.1 Å². The van der Waals surface area contributed by atoms with Crippen LogP contribution in [0.4, 0.5) is 42.4 Å². The van der Waals surface area contributed by atoms with E-state index in [9.17, 15) is 9.59 Å². The Balaban J connectivity index is 1.53. The topological polar surface area (TPSA) is 125 Å². The SMILES string of the molecule is COC(COc1nc(N2CC3CCC(C2)N3C(=O)OC(C)(C)C)c2cc(C(F)(F)F)c(-c3ccc(F)c4sc(NC(=O)OC(C)(C)C)c(I)c34)c(F)c2n1)OC. The summed E-state index contributed by atoms with van der Waals surface area (Å²) in [6.07, 6.45) is -6.15. The van der Waals surface area contributed by atoms with Crippen molar-refractivity contribution >= 4 is 77.9 Å². The Hall–Kier alpha value is -3.82. The van der Waals surface area contributed by atoms with E-state index in [1.54, 1.807) is 73.9 Å². The fourth-order valence-electron chi connectivity index (χ4n) is 6.87. The van der Waals surface area contributed by atoms with E-state index in [1.165, 1.54) is 14.2 Å². The second-order valence-corrected chi connectivity index (χ2v) is 17.5. The molecule has 2 fully saturated rings. The molecule has 12 nitrogen and oxygen atoms in total. The first-order chi connectivity index (χ1) is 26.1. The first-order valence-corrected chi connectivity index (χ1v) is 19.5. The van der Waals surface area contributed by atoms with Crippen LogP contribution in [0.5, 0.6) is 6.01 Å². The van der Waals surface area contributed by atoms with Crippen molar-refractivity contribution in [2.75, 3.05) is 44.1 Å². The summed E-state index contributed by atoms with van der Waals surface area (Å²) in [5.41, 5.74) is -4.63. The minimum absolute atomic E-state index is 0.0358. The van der Waals surface area contributed by atoms with E-state index in [2.05, 4.69) is 15.3 Å². The molecule has 4 heterocycles. The number of nitrogens with one attached hydrogen (secondary N) is 1. The molecule has 2 aromatic carbocycles. The number of alkyl halides is 3. The summed E-state index contributed by atoms with van der Waals surface area (Å²) in [5.74, 6) is -2.18. The number of hydrogen-bond donors (Lipinski definition) is 1. The third-order valence-corrected chi connectivity index (χ3v) is 11.6. The van der Waals surface area contributed by atoms with Gasteiger partial charge in [-0.25, -0.2) is 18.4 Å². The van der Waals surface area contributed by atoms with Gasteiger partial charge in [0.15, 0.2) is 12.1 Å². The highest BCUT2D eigenvalue weighted by Crippen LogP contribution is 2.49. The number of anilines is 2. The maximum atomic E-state index is 17.3. The molecular weight excluding hydrogens is 880 g/mol. The van der Waals surface area contributed by atoms with Gasteiger partial charge < -0.3 is 28.6 Å². The van der Waals surface area contributed by atoms with Crippen molar-refractivity contribution in [3.8, 4) is 17.1 Å². The fraction of sp³-hybridized carbons (Fsp3) is 0.514. The average Bonchev–Trinajstić information content (AvgIpc) is 3.55. The molecule has 304 valence electrons. The number of amides is 2. The van der Waals surface area contributed by atoms with Crippen molar-refractivity contribution in [1.29, 1.82) is 0 Å². The number of methoxy groups -OCH3 is 2. The monoisotopic (exact) mass is 921 g/mol. The molecule has 4 aromatic rings. The Labute approximate surface area is 337 Å². The van der Waals surface area contributed by atoms with E-state index < -0.39 is 64.1 Å². The van der Waals surface area contributed by atoms with Gasteiger partial charge in [-0.3, -0.25) is 10.2 Å². The van der Waals surface area contributed by atoms with Gasteiger partial charge in [0.05, 0.1) is 25.9 Å². The summed E-state index contributed by atoms with van der Waals surface area (Å²) < 4.78 is 106. The Morgan fingerprint density at radius 2 is 1.61 bits per heavy atom. The van der Waals surface area contributed by atoms with Gasteiger partial charge in [0.2, 0.25) is 0 Å². The summed E-state index contributed by atoms with van der Waals surface area (Å²) in [7, 11) is 2.75. The second kappa shape index (κ2) is 15.5. The molecule has 0 spiro atoms. The number of hydrogen-bond acceptors (Lipinski definition) is 11. The minimum atomic E-state index is -5.12. The third-order valence-electron chi connectivity index (χ3n) is 9.07. The quantitative estimate of drug-likeness (QED) is 0.104. The number of rotatable bonds is 8. The highest BCUT2D eigenvalue weighted by Gasteiger charge is 2.46. The molecule has 2 saturated heterocycles. The van der Waals surface area contributed by atoms with Gasteiger partial charge in [-0.05, 0) is 94.7 Å². The zero-order valence-corrected chi connectivity index (χ0v) is 34.8. The van der Waals surface area contributed by atoms with Crippen LogP contribution in [0.15, 0.2) is 18.2 Å². The summed E-state index contributed by atoms with van der Waals surface area (Å²) in [5, 5.41) is 2.34. The first kappa shape index (κ1) is 41.8. The molecule has 0 radical (unpaired) electrons. The van der Waals surface area contributed by atoms with E-state index in [-0.39, 0.29) is 73.2 Å². The van der Waals surface area contributed by atoms with Crippen molar-refractivity contribution in [3.05, 3.63) is 39.0 Å². The number of fused-ring (bicyclic) bond motifs is 4. The largest absolute Gasteiger partial charge is 0.458 e. The smallest absolute Gasteiger partial charge is 0.417 e. The van der Waals surface area contributed by atoms with Crippen LogP contribution >= 0.6 is 33.9 Å². The number of halogens is 6. The molecule has 2 bridgehead atoms. The molecule has 2 aliphatic heterocycles. The van der Waals surface area contributed by atoms with Crippen molar-refractivity contribution in [3.63, 3.8) is 0 Å². The average molecular weight is 922 g/mol. The Morgan fingerprint density at radius 3 is 2.18 bits per heavy atom. The zero-order chi connectivity index (χ0) is 41.1. The van der Waals surface area contributed by atoms with E-state index >= 15 is 22.0 Å². The van der Waals surface area contributed by atoms with Crippen molar-refractivity contribution in [2.24, 2.45) is 0 Å². The molecule has 0 saturated carbocycles. The lowest BCUT2D eigenvalue weighted by molar-refractivity contribution is -0.137. The van der Waals surface area contributed by atoms with Crippen LogP contribution in [0, 0.1) is 15.2 Å². The summed E-state index contributed by atoms with van der Waals surface area (Å²) in [6, 6.07) is 1.70. The number of carbonyl (C=O) groups is 2. The van der Waals surface area contributed by atoms with Crippen LogP contribution in [0.1, 0.15) is 59.9 Å². The van der Waals surface area contributed by atoms with E-state index in [0.29, 0.717) is 12.8 Å². The molecule has 2 amide bonds. The van der Waals surface area contributed by atoms with Gasteiger partial charge in [0, 0.05) is 43.6 Å². The summed E-state index contributed by atoms with van der Waals surface area (Å²) in [4.78, 5) is 38.0. The lowest BCUT2D eigenvalue weighted by Crippen LogP contribution is -2.57. The highest BCUT2D eigenvalue weighted by atomic mass is 127. The van der Waals surface area contributed by atoms with Gasteiger partial charge >= 0.3 is 24.4 Å². The molecule has 6 rings (SSSR count). The van der Waals surface area contributed by atoms with Crippen molar-refractivity contribution < 1.29 is 55.2 Å². The standard InChI is InChI=1S/C37H41F5IN5O7S/c1-35(2,3)54-33(49)46-31-27(43)25-19(11-12-22(38)29(25)56-31)24-21(37(40,41)42)13-20-28(26(24)39)44-32(53-16-23(51-7)52-8)45-30(20)47-14-17-9-10-18(15-47)48(17)34(50)55-36(4,5)6/h11-13,17-18,23H,9-10,14-16H2,1-8H3,(H,46,49). The highest BCUT2D eigenvalue weighted by molar-refractivity contribution is 14.1. The maximum Gasteiger partial charge on any atom is 0.417 e. The van der Waals surface area contributed by atoms with Gasteiger partial charge in [-0.15, -0.1) is 11.3 Å². The molecule has 19 heteroatoms. The van der Waals surface area contributed by atoms with Gasteiger partial charge in [0.25, 0.3) is 0 Å². The number of piperazine rings is 1. The Kier molecular flexibility index (Phi) is 11.6. The van der Waals surface area contributed by atoms with Crippen LogP contribution in [0.25, 0.3) is 32.1 Å². The first-order valence-electron chi connectivity index (χ1n) is 17.6.